The van der Waals surface area contributed by atoms with E-state index in [2.05, 4.69) is 4.74 Å². The molecule has 3 rings (SSSR count). The van der Waals surface area contributed by atoms with Crippen molar-refractivity contribution in [1.82, 2.24) is 4.90 Å². The molecule has 2 aromatic rings. The first-order valence-corrected chi connectivity index (χ1v) is 9.79. The number of nitro groups is 1. The average Bonchev–Trinajstić information content (AvgIpc) is 2.76. The van der Waals surface area contributed by atoms with Crippen molar-refractivity contribution in [3.05, 3.63) is 63.5 Å². The summed E-state index contributed by atoms with van der Waals surface area (Å²) in [5.74, 6) is -1.94. The number of carbonyl (C=O) groups is 2. The molecule has 1 saturated heterocycles. The van der Waals surface area contributed by atoms with Gasteiger partial charge in [-0.05, 0) is 37.3 Å². The zero-order valence-corrected chi connectivity index (χ0v) is 17.4. The second kappa shape index (κ2) is 9.43. The molecular formula is C21H19F4N3O5. The number of rotatable bonds is 6. The Labute approximate surface area is 185 Å². The molecule has 12 heteroatoms. The van der Waals surface area contributed by atoms with Gasteiger partial charge in [-0.15, -0.1) is 0 Å². The van der Waals surface area contributed by atoms with Crippen molar-refractivity contribution >= 4 is 23.1 Å². The first-order valence-electron chi connectivity index (χ1n) is 9.79. The molecule has 1 fully saturated rings. The molecule has 0 spiro atoms. The summed E-state index contributed by atoms with van der Waals surface area (Å²) in [4.78, 5) is 37.8. The number of nitro benzene ring substituents is 1. The van der Waals surface area contributed by atoms with Gasteiger partial charge < -0.3 is 14.5 Å². The second-order valence-electron chi connectivity index (χ2n) is 7.34. The Morgan fingerprint density at radius 2 is 1.76 bits per heavy atom. The number of anilines is 1. The van der Waals surface area contributed by atoms with E-state index in [1.165, 1.54) is 24.0 Å². The summed E-state index contributed by atoms with van der Waals surface area (Å²) >= 11 is 0. The van der Waals surface area contributed by atoms with Gasteiger partial charge >= 0.3 is 6.18 Å². The zero-order chi connectivity index (χ0) is 24.3. The van der Waals surface area contributed by atoms with Crippen LogP contribution in [0.3, 0.4) is 0 Å². The third kappa shape index (κ3) is 5.76. The van der Waals surface area contributed by atoms with Gasteiger partial charge in [-0.25, -0.2) is 4.39 Å². The minimum absolute atomic E-state index is 0.0948. The maximum atomic E-state index is 14.4. The second-order valence-corrected chi connectivity index (χ2v) is 7.34. The first kappa shape index (κ1) is 24.0. The molecule has 0 unspecified atom stereocenters. The monoisotopic (exact) mass is 469 g/mol. The lowest BCUT2D eigenvalue weighted by Crippen LogP contribution is -2.49. The Morgan fingerprint density at radius 3 is 2.30 bits per heavy atom. The number of hydrogen-bond donors (Lipinski definition) is 0. The minimum Gasteiger partial charge on any atom is -0.484 e. The van der Waals surface area contributed by atoms with Crippen LogP contribution in [0.5, 0.6) is 5.75 Å². The third-order valence-electron chi connectivity index (χ3n) is 5.06. The van der Waals surface area contributed by atoms with E-state index in [0.29, 0.717) is 0 Å². The van der Waals surface area contributed by atoms with Crippen LogP contribution in [-0.4, -0.2) is 60.5 Å². The Kier molecular flexibility index (Phi) is 6.84. The fourth-order valence-corrected chi connectivity index (χ4v) is 3.40. The van der Waals surface area contributed by atoms with Gasteiger partial charge in [-0.3, -0.25) is 19.7 Å². The van der Waals surface area contributed by atoms with E-state index in [4.69, 9.17) is 0 Å². The fraction of sp³-hybridized carbons (Fsp3) is 0.333. The number of amides is 1. The number of benzene rings is 2. The molecule has 1 amide bonds. The third-order valence-corrected chi connectivity index (χ3v) is 5.06. The number of halogens is 4. The molecule has 0 saturated carbocycles. The largest absolute Gasteiger partial charge is 0.484 e. The number of carbonyl (C=O) groups excluding carboxylic acids is 2. The molecule has 33 heavy (non-hydrogen) atoms. The van der Waals surface area contributed by atoms with E-state index in [-0.39, 0.29) is 49.0 Å². The topological polar surface area (TPSA) is 93.0 Å². The molecule has 0 aromatic heterocycles. The number of Topliss-reactive ketones (excluding diaryl/α,β-unsaturated/α-hetero) is 1. The smallest absolute Gasteiger partial charge is 0.422 e. The van der Waals surface area contributed by atoms with Gasteiger partial charge in [0.2, 0.25) is 0 Å². The highest BCUT2D eigenvalue weighted by Gasteiger charge is 2.31. The van der Waals surface area contributed by atoms with E-state index in [0.717, 1.165) is 24.3 Å². The first-order chi connectivity index (χ1) is 15.5. The molecule has 1 aliphatic heterocycles. The van der Waals surface area contributed by atoms with Gasteiger partial charge in [0.25, 0.3) is 11.6 Å². The fourth-order valence-electron chi connectivity index (χ4n) is 3.40. The van der Waals surface area contributed by atoms with Crippen LogP contribution in [-0.2, 0) is 0 Å². The Bertz CT molecular complexity index is 1080. The molecule has 0 N–H and O–H groups in total. The van der Waals surface area contributed by atoms with Crippen molar-refractivity contribution < 1.29 is 36.8 Å². The molecule has 0 radical (unpaired) electrons. The number of piperazine rings is 1. The van der Waals surface area contributed by atoms with Crippen molar-refractivity contribution in [1.29, 1.82) is 0 Å². The molecule has 2 aromatic carbocycles. The van der Waals surface area contributed by atoms with Gasteiger partial charge in [0, 0.05) is 37.8 Å². The molecule has 1 heterocycles. The van der Waals surface area contributed by atoms with Crippen molar-refractivity contribution in [2.45, 2.75) is 13.1 Å². The normalized spacial score (nSPS) is 14.2. The quantitative estimate of drug-likeness (QED) is 0.276. The number of hydrogen-bond acceptors (Lipinski definition) is 6. The summed E-state index contributed by atoms with van der Waals surface area (Å²) in [6, 6.07) is 6.92. The van der Waals surface area contributed by atoms with Crippen LogP contribution in [0.15, 0.2) is 36.4 Å². The van der Waals surface area contributed by atoms with E-state index in [1.54, 1.807) is 4.90 Å². The van der Waals surface area contributed by atoms with Crippen molar-refractivity contribution in [3.8, 4) is 5.75 Å². The lowest BCUT2D eigenvalue weighted by molar-refractivity contribution is -0.385. The number of nitrogens with zero attached hydrogens (tertiary/aromatic N) is 3. The van der Waals surface area contributed by atoms with Crippen LogP contribution in [0.1, 0.15) is 27.6 Å². The number of alkyl halides is 3. The summed E-state index contributed by atoms with van der Waals surface area (Å²) in [5, 5.41) is 11.3. The van der Waals surface area contributed by atoms with Gasteiger partial charge in [0.05, 0.1) is 10.6 Å². The van der Waals surface area contributed by atoms with Crippen LogP contribution in [0, 0.1) is 15.9 Å². The minimum atomic E-state index is -4.61. The molecule has 176 valence electrons. The SMILES string of the molecule is CC(=O)c1ccc(N2CCN(C(=O)c3cc(OCC(F)(F)F)ccc3[N+](=O)[O-])CC2)c(F)c1. The van der Waals surface area contributed by atoms with Gasteiger partial charge in [0.1, 0.15) is 17.1 Å². The molecule has 0 atom stereocenters. The van der Waals surface area contributed by atoms with Crippen molar-refractivity contribution in [3.63, 3.8) is 0 Å². The molecule has 8 nitrogen and oxygen atoms in total. The van der Waals surface area contributed by atoms with Crippen LogP contribution >= 0.6 is 0 Å². The lowest BCUT2D eigenvalue weighted by atomic mass is 10.1. The maximum Gasteiger partial charge on any atom is 0.422 e. The predicted molar refractivity (Wildman–Crippen MR) is 109 cm³/mol. The zero-order valence-electron chi connectivity index (χ0n) is 17.4. The van der Waals surface area contributed by atoms with E-state index in [1.807, 2.05) is 0 Å². The number of ketones is 1. The van der Waals surface area contributed by atoms with E-state index >= 15 is 0 Å². The summed E-state index contributed by atoms with van der Waals surface area (Å²) in [5.41, 5.74) is -0.483. The maximum absolute atomic E-state index is 14.4. The summed E-state index contributed by atoms with van der Waals surface area (Å²) in [7, 11) is 0. The molecule has 1 aliphatic rings. The van der Waals surface area contributed by atoms with Crippen LogP contribution in [0.2, 0.25) is 0 Å². The van der Waals surface area contributed by atoms with E-state index in [9.17, 15) is 37.3 Å². The Balaban J connectivity index is 1.74. The standard InChI is InChI=1S/C21H19F4N3O5/c1-13(29)14-2-4-19(17(22)10-14)26-6-8-27(9-7-26)20(30)16-11-15(33-12-21(23,24)25)3-5-18(16)28(31)32/h2-5,10-11H,6-9,12H2,1H3. The summed E-state index contributed by atoms with van der Waals surface area (Å²) in [6.07, 6.45) is -4.61. The predicted octanol–water partition coefficient (Wildman–Crippen LogP) is 3.84. The summed E-state index contributed by atoms with van der Waals surface area (Å²) < 4.78 is 56.2. The molecule has 0 bridgehead atoms. The van der Waals surface area contributed by atoms with Crippen molar-refractivity contribution in [2.24, 2.45) is 0 Å². The van der Waals surface area contributed by atoms with Crippen molar-refractivity contribution in [2.75, 3.05) is 37.7 Å². The van der Waals surface area contributed by atoms with Gasteiger partial charge in [-0.2, -0.15) is 13.2 Å². The Morgan fingerprint density at radius 1 is 1.09 bits per heavy atom. The highest BCUT2D eigenvalue weighted by Crippen LogP contribution is 2.28. The van der Waals surface area contributed by atoms with Gasteiger partial charge in [-0.1, -0.05) is 0 Å². The summed E-state index contributed by atoms with van der Waals surface area (Å²) in [6.45, 7) is 0.321. The molecular weight excluding hydrogens is 450 g/mol. The highest BCUT2D eigenvalue weighted by molar-refractivity contribution is 5.98. The van der Waals surface area contributed by atoms with Crippen LogP contribution in [0.25, 0.3) is 0 Å². The highest BCUT2D eigenvalue weighted by atomic mass is 19.4. The number of ether oxygens (including phenoxy) is 1. The van der Waals surface area contributed by atoms with Crippen LogP contribution < -0.4 is 9.64 Å². The lowest BCUT2D eigenvalue weighted by Gasteiger charge is -2.36. The Hall–Kier alpha value is -3.70. The van der Waals surface area contributed by atoms with Crippen LogP contribution in [0.4, 0.5) is 28.9 Å². The van der Waals surface area contributed by atoms with Gasteiger partial charge in [0.15, 0.2) is 12.4 Å². The van der Waals surface area contributed by atoms with E-state index < -0.39 is 40.7 Å². The average molecular weight is 469 g/mol. The molecule has 0 aliphatic carbocycles.